The van der Waals surface area contributed by atoms with E-state index < -0.39 is 11.8 Å². The maximum Gasteiger partial charge on any atom is 0.313 e. The standard InChI is InChI=1S/C19H20N4O5/c1-26-13-6-7-14(17(11-13)27-2)22-19(25)18(24)20-12-15(16-5-3-10-28-16)23-9-4-8-21-23/h3-11,15H,12H2,1-2H3,(H,20,24)(H,22,25). The predicted octanol–water partition coefficient (Wildman–Crippen LogP) is 1.84. The van der Waals surface area contributed by atoms with E-state index in [0.717, 1.165) is 0 Å². The molecule has 28 heavy (non-hydrogen) atoms. The van der Waals surface area contributed by atoms with Crippen molar-refractivity contribution in [2.75, 3.05) is 26.1 Å². The molecule has 2 N–H and O–H groups in total. The van der Waals surface area contributed by atoms with Crippen LogP contribution >= 0.6 is 0 Å². The number of rotatable bonds is 7. The van der Waals surface area contributed by atoms with Crippen LogP contribution in [0.25, 0.3) is 0 Å². The molecule has 0 aliphatic heterocycles. The van der Waals surface area contributed by atoms with Gasteiger partial charge < -0.3 is 24.5 Å². The van der Waals surface area contributed by atoms with Gasteiger partial charge in [-0.15, -0.1) is 0 Å². The molecule has 0 radical (unpaired) electrons. The van der Waals surface area contributed by atoms with E-state index in [0.29, 0.717) is 22.9 Å². The molecule has 3 rings (SSSR count). The van der Waals surface area contributed by atoms with Crippen LogP contribution in [0.15, 0.2) is 59.5 Å². The van der Waals surface area contributed by atoms with Crippen LogP contribution in [0.5, 0.6) is 11.5 Å². The fourth-order valence-electron chi connectivity index (χ4n) is 2.62. The average Bonchev–Trinajstić information content (AvgIpc) is 3.43. The number of aromatic nitrogens is 2. The summed E-state index contributed by atoms with van der Waals surface area (Å²) in [5.74, 6) is -0.0461. The molecule has 0 saturated heterocycles. The van der Waals surface area contributed by atoms with Crippen LogP contribution in [0, 0.1) is 0 Å². The van der Waals surface area contributed by atoms with Gasteiger partial charge in [-0.05, 0) is 30.3 Å². The van der Waals surface area contributed by atoms with Crippen LogP contribution in [0.3, 0.4) is 0 Å². The van der Waals surface area contributed by atoms with Gasteiger partial charge in [-0.25, -0.2) is 0 Å². The van der Waals surface area contributed by atoms with E-state index in [1.807, 2.05) is 0 Å². The van der Waals surface area contributed by atoms with E-state index in [1.165, 1.54) is 20.5 Å². The number of hydrogen-bond acceptors (Lipinski definition) is 6. The number of amides is 2. The van der Waals surface area contributed by atoms with Gasteiger partial charge in [0.05, 0.1) is 26.2 Å². The molecule has 1 aromatic carbocycles. The molecule has 1 unspecified atom stereocenters. The molecule has 146 valence electrons. The number of methoxy groups -OCH3 is 2. The number of hydrogen-bond donors (Lipinski definition) is 2. The summed E-state index contributed by atoms with van der Waals surface area (Å²) in [5, 5.41) is 9.31. The molecule has 0 saturated carbocycles. The van der Waals surface area contributed by atoms with Gasteiger partial charge in [0.1, 0.15) is 23.3 Å². The van der Waals surface area contributed by atoms with Crippen LogP contribution in [0.1, 0.15) is 11.8 Å². The van der Waals surface area contributed by atoms with E-state index >= 15 is 0 Å². The van der Waals surface area contributed by atoms with Crippen molar-refractivity contribution in [3.8, 4) is 11.5 Å². The van der Waals surface area contributed by atoms with Gasteiger partial charge in [-0.2, -0.15) is 5.10 Å². The molecule has 2 amide bonds. The van der Waals surface area contributed by atoms with E-state index in [4.69, 9.17) is 13.9 Å². The summed E-state index contributed by atoms with van der Waals surface area (Å²) in [6.07, 6.45) is 4.92. The lowest BCUT2D eigenvalue weighted by atomic mass is 10.2. The molecule has 2 heterocycles. The zero-order valence-electron chi connectivity index (χ0n) is 15.4. The van der Waals surface area contributed by atoms with Crippen molar-refractivity contribution in [3.05, 3.63) is 60.8 Å². The van der Waals surface area contributed by atoms with Gasteiger partial charge in [0.25, 0.3) is 0 Å². The quantitative estimate of drug-likeness (QED) is 0.602. The maximum absolute atomic E-state index is 12.3. The van der Waals surface area contributed by atoms with E-state index in [-0.39, 0.29) is 12.6 Å². The molecular formula is C19H20N4O5. The zero-order chi connectivity index (χ0) is 19.9. The van der Waals surface area contributed by atoms with Gasteiger partial charge >= 0.3 is 11.8 Å². The van der Waals surface area contributed by atoms with Gasteiger partial charge in [-0.1, -0.05) is 0 Å². The first-order valence-corrected chi connectivity index (χ1v) is 8.46. The lowest BCUT2D eigenvalue weighted by Gasteiger charge is -2.16. The monoisotopic (exact) mass is 384 g/mol. The summed E-state index contributed by atoms with van der Waals surface area (Å²) in [7, 11) is 2.98. The maximum atomic E-state index is 12.3. The normalized spacial score (nSPS) is 11.5. The van der Waals surface area contributed by atoms with Crippen molar-refractivity contribution < 1.29 is 23.5 Å². The zero-order valence-corrected chi connectivity index (χ0v) is 15.4. The Labute approximate surface area is 161 Å². The fourth-order valence-corrected chi connectivity index (χ4v) is 2.62. The molecule has 1 atom stereocenters. The molecule has 9 nitrogen and oxygen atoms in total. The second kappa shape index (κ2) is 8.76. The third-order valence-corrected chi connectivity index (χ3v) is 4.03. The highest BCUT2D eigenvalue weighted by Crippen LogP contribution is 2.28. The predicted molar refractivity (Wildman–Crippen MR) is 100 cm³/mol. The number of anilines is 1. The topological polar surface area (TPSA) is 108 Å². The number of nitrogens with one attached hydrogen (secondary N) is 2. The van der Waals surface area contributed by atoms with Crippen LogP contribution in [-0.4, -0.2) is 42.4 Å². The Morgan fingerprint density at radius 3 is 2.68 bits per heavy atom. The van der Waals surface area contributed by atoms with Crippen molar-refractivity contribution in [2.24, 2.45) is 0 Å². The molecule has 9 heteroatoms. The Kier molecular flexibility index (Phi) is 5.95. The first kappa shape index (κ1) is 19.0. The summed E-state index contributed by atoms with van der Waals surface area (Å²) < 4.78 is 17.4. The number of nitrogens with zero attached hydrogens (tertiary/aromatic N) is 2. The Morgan fingerprint density at radius 2 is 2.04 bits per heavy atom. The number of furan rings is 1. The van der Waals surface area contributed by atoms with Crippen LogP contribution in [0.4, 0.5) is 5.69 Å². The summed E-state index contributed by atoms with van der Waals surface area (Å²) in [6.45, 7) is 0.126. The van der Waals surface area contributed by atoms with Crippen LogP contribution < -0.4 is 20.1 Å². The van der Waals surface area contributed by atoms with Crippen molar-refractivity contribution >= 4 is 17.5 Å². The molecule has 0 bridgehead atoms. The van der Waals surface area contributed by atoms with Crippen molar-refractivity contribution in [3.63, 3.8) is 0 Å². The van der Waals surface area contributed by atoms with E-state index in [2.05, 4.69) is 15.7 Å². The third-order valence-electron chi connectivity index (χ3n) is 4.03. The lowest BCUT2D eigenvalue weighted by molar-refractivity contribution is -0.136. The van der Waals surface area contributed by atoms with Crippen LogP contribution in [-0.2, 0) is 9.59 Å². The van der Waals surface area contributed by atoms with E-state index in [9.17, 15) is 9.59 Å². The lowest BCUT2D eigenvalue weighted by Crippen LogP contribution is -2.39. The Morgan fingerprint density at radius 1 is 1.18 bits per heavy atom. The second-order valence-electron chi connectivity index (χ2n) is 5.75. The average molecular weight is 384 g/mol. The Bertz CT molecular complexity index is 888. The molecule has 3 aromatic rings. The fraction of sp³-hybridized carbons (Fsp3) is 0.211. The van der Waals surface area contributed by atoms with Gasteiger partial charge in [0, 0.05) is 25.0 Å². The van der Waals surface area contributed by atoms with Crippen molar-refractivity contribution in [2.45, 2.75) is 6.04 Å². The minimum absolute atomic E-state index is 0.126. The van der Waals surface area contributed by atoms with E-state index in [1.54, 1.807) is 53.5 Å². The molecule has 0 aliphatic rings. The highest BCUT2D eigenvalue weighted by atomic mass is 16.5. The Balaban J connectivity index is 1.65. The summed E-state index contributed by atoms with van der Waals surface area (Å²) in [4.78, 5) is 24.5. The molecular weight excluding hydrogens is 364 g/mol. The minimum Gasteiger partial charge on any atom is -0.497 e. The first-order valence-electron chi connectivity index (χ1n) is 8.46. The molecule has 0 aliphatic carbocycles. The van der Waals surface area contributed by atoms with Gasteiger partial charge in [0.15, 0.2) is 0 Å². The second-order valence-corrected chi connectivity index (χ2v) is 5.75. The number of ether oxygens (including phenoxy) is 2. The number of carbonyl (C=O) groups is 2. The smallest absolute Gasteiger partial charge is 0.313 e. The number of carbonyl (C=O) groups excluding carboxylic acids is 2. The highest BCUT2D eigenvalue weighted by Gasteiger charge is 2.21. The third kappa shape index (κ3) is 4.32. The van der Waals surface area contributed by atoms with Gasteiger partial charge in [-0.3, -0.25) is 14.3 Å². The summed E-state index contributed by atoms with van der Waals surface area (Å²) >= 11 is 0. The Hall–Kier alpha value is -3.75. The van der Waals surface area contributed by atoms with Crippen LogP contribution in [0.2, 0.25) is 0 Å². The highest BCUT2D eigenvalue weighted by molar-refractivity contribution is 6.39. The summed E-state index contributed by atoms with van der Waals surface area (Å²) in [5.41, 5.74) is 0.359. The van der Waals surface area contributed by atoms with Crippen molar-refractivity contribution in [1.82, 2.24) is 15.1 Å². The first-order chi connectivity index (χ1) is 13.6. The molecule has 2 aromatic heterocycles. The SMILES string of the molecule is COc1ccc(NC(=O)C(=O)NCC(c2ccco2)n2cccn2)c(OC)c1. The van der Waals surface area contributed by atoms with Gasteiger partial charge in [0.2, 0.25) is 0 Å². The molecule has 0 spiro atoms. The number of benzene rings is 1. The molecule has 0 fully saturated rings. The summed E-state index contributed by atoms with van der Waals surface area (Å²) in [6, 6.07) is 9.77. The largest absolute Gasteiger partial charge is 0.497 e. The minimum atomic E-state index is -0.817. The van der Waals surface area contributed by atoms with Crippen molar-refractivity contribution in [1.29, 1.82) is 0 Å².